The number of rotatable bonds is 3. The lowest BCUT2D eigenvalue weighted by Gasteiger charge is -2.63. The summed E-state index contributed by atoms with van der Waals surface area (Å²) in [5, 5.41) is 10.7. The van der Waals surface area contributed by atoms with Gasteiger partial charge in [0.15, 0.2) is 17.1 Å². The Morgan fingerprint density at radius 2 is 1.94 bits per heavy atom. The van der Waals surface area contributed by atoms with Crippen LogP contribution in [0.1, 0.15) is 53.4 Å². The number of allylic oxidation sites excluding steroid dienone is 4. The zero-order valence-corrected chi connectivity index (χ0v) is 19.6. The number of hydrogen-bond acceptors (Lipinski definition) is 5. The van der Waals surface area contributed by atoms with Gasteiger partial charge in [-0.05, 0) is 49.8 Å². The Bertz CT molecular complexity index is 949. The molecule has 3 saturated carbocycles. The van der Waals surface area contributed by atoms with Gasteiger partial charge in [0.2, 0.25) is 5.12 Å². The summed E-state index contributed by atoms with van der Waals surface area (Å²) < 4.78 is 38.3. The van der Waals surface area contributed by atoms with Crippen molar-refractivity contribution in [3.63, 3.8) is 0 Å². The maximum atomic E-state index is 17.1. The van der Waals surface area contributed by atoms with E-state index in [4.69, 9.17) is 4.74 Å². The Morgan fingerprint density at radius 1 is 1.28 bits per heavy atom. The summed E-state index contributed by atoms with van der Waals surface area (Å²) in [6.45, 7) is 6.62. The summed E-state index contributed by atoms with van der Waals surface area (Å²) in [6.07, 6.45) is 0.619. The molecule has 0 aromatic carbocycles. The lowest BCUT2D eigenvalue weighted by Crippen LogP contribution is -2.70. The molecule has 0 radical (unpaired) electrons. The van der Waals surface area contributed by atoms with Crippen LogP contribution < -0.4 is 0 Å². The van der Waals surface area contributed by atoms with E-state index in [1.807, 2.05) is 0 Å². The maximum absolute atomic E-state index is 17.1. The molecule has 32 heavy (non-hydrogen) atoms. The predicted octanol–water partition coefficient (Wildman–Crippen LogP) is 3.70. The predicted molar refractivity (Wildman–Crippen MR) is 116 cm³/mol. The van der Waals surface area contributed by atoms with Crippen molar-refractivity contribution in [2.45, 2.75) is 76.9 Å². The number of carbonyl (C=O) groups is 3. The SMILES string of the molecule is CCC(=O)O[C@@]1(C(=O)S)[C@H](C)CC2C3C[C@@H](F)C4=CC(=O)C=CC4(C)[C@]3(F)C(O)CC21C. The van der Waals surface area contributed by atoms with Gasteiger partial charge in [-0.2, -0.15) is 0 Å². The molecular formula is C24H30F2O5S. The number of halogens is 2. The highest BCUT2D eigenvalue weighted by Gasteiger charge is 2.77. The summed E-state index contributed by atoms with van der Waals surface area (Å²) in [5.74, 6) is -2.94. The lowest BCUT2D eigenvalue weighted by atomic mass is 9.44. The Kier molecular flexibility index (Phi) is 5.33. The number of alkyl halides is 2. The fourth-order valence-electron chi connectivity index (χ4n) is 7.49. The van der Waals surface area contributed by atoms with Crippen LogP contribution in [0.15, 0.2) is 23.8 Å². The third-order valence-corrected chi connectivity index (χ3v) is 9.38. The van der Waals surface area contributed by atoms with Gasteiger partial charge in [-0.1, -0.05) is 26.8 Å². The molecular weight excluding hydrogens is 438 g/mol. The van der Waals surface area contributed by atoms with Crippen LogP contribution in [0.5, 0.6) is 0 Å². The van der Waals surface area contributed by atoms with E-state index in [1.54, 1.807) is 20.8 Å². The van der Waals surface area contributed by atoms with E-state index in [1.165, 1.54) is 19.1 Å². The number of ether oxygens (including phenoxy) is 1. The zero-order valence-electron chi connectivity index (χ0n) is 18.7. The van der Waals surface area contributed by atoms with Gasteiger partial charge < -0.3 is 9.84 Å². The summed E-state index contributed by atoms with van der Waals surface area (Å²) in [5.41, 5.74) is -6.46. The number of aliphatic hydroxyl groups is 1. The van der Waals surface area contributed by atoms with Gasteiger partial charge in [0.25, 0.3) is 0 Å². The summed E-state index contributed by atoms with van der Waals surface area (Å²) in [6, 6.07) is 0. The molecule has 0 spiro atoms. The first-order valence-electron chi connectivity index (χ1n) is 11.2. The molecule has 9 atom stereocenters. The van der Waals surface area contributed by atoms with E-state index >= 15 is 8.78 Å². The molecule has 0 heterocycles. The van der Waals surface area contributed by atoms with Gasteiger partial charge in [-0.3, -0.25) is 14.4 Å². The molecule has 3 fully saturated rings. The van der Waals surface area contributed by atoms with Crippen molar-refractivity contribution in [3.05, 3.63) is 23.8 Å². The largest absolute Gasteiger partial charge is 0.449 e. The Labute approximate surface area is 192 Å². The molecule has 176 valence electrons. The van der Waals surface area contributed by atoms with Crippen molar-refractivity contribution in [1.29, 1.82) is 0 Å². The third kappa shape index (κ3) is 2.62. The van der Waals surface area contributed by atoms with E-state index in [2.05, 4.69) is 12.6 Å². The standard InChI is InChI=1S/C24H30F2O5S/c1-5-19(29)31-24(20(30)32)12(2)8-14-15-10-17(25)16-9-13(27)6-7-21(16,3)23(15,26)18(28)11-22(14,24)4/h6-7,9,12,14-15,17-18,28H,5,8,10-11H2,1-4H3,(H,30,32)/t12-,14?,15?,17-,18?,21?,22?,23-,24-/m1/s1. The average molecular weight is 469 g/mol. The van der Waals surface area contributed by atoms with E-state index in [-0.39, 0.29) is 24.8 Å². The van der Waals surface area contributed by atoms with Gasteiger partial charge in [0, 0.05) is 29.1 Å². The van der Waals surface area contributed by atoms with Crippen LogP contribution in [0, 0.1) is 28.6 Å². The van der Waals surface area contributed by atoms with Crippen LogP contribution in [-0.4, -0.2) is 45.5 Å². The molecule has 0 bridgehead atoms. The van der Waals surface area contributed by atoms with E-state index in [9.17, 15) is 19.5 Å². The molecule has 0 aliphatic heterocycles. The van der Waals surface area contributed by atoms with Gasteiger partial charge in [-0.15, -0.1) is 12.6 Å². The first-order valence-corrected chi connectivity index (χ1v) is 11.7. The highest BCUT2D eigenvalue weighted by atomic mass is 32.1. The van der Waals surface area contributed by atoms with Gasteiger partial charge >= 0.3 is 5.97 Å². The molecule has 4 rings (SSSR count). The van der Waals surface area contributed by atoms with Gasteiger partial charge in [0.1, 0.15) is 6.17 Å². The molecule has 0 aromatic heterocycles. The number of esters is 1. The van der Waals surface area contributed by atoms with Crippen LogP contribution in [0.2, 0.25) is 0 Å². The van der Waals surface area contributed by atoms with Crippen molar-refractivity contribution >= 4 is 29.5 Å². The van der Waals surface area contributed by atoms with Crippen molar-refractivity contribution in [2.24, 2.45) is 28.6 Å². The van der Waals surface area contributed by atoms with E-state index in [0.29, 0.717) is 6.42 Å². The number of aliphatic hydroxyl groups excluding tert-OH is 1. The van der Waals surface area contributed by atoms with Crippen molar-refractivity contribution in [3.8, 4) is 0 Å². The zero-order chi connectivity index (χ0) is 23.9. The molecule has 1 N–H and O–H groups in total. The molecule has 5 unspecified atom stereocenters. The number of ketones is 1. The second-order valence-corrected chi connectivity index (χ2v) is 10.8. The van der Waals surface area contributed by atoms with Crippen molar-refractivity contribution in [2.75, 3.05) is 0 Å². The topological polar surface area (TPSA) is 80.7 Å². The minimum atomic E-state index is -2.24. The van der Waals surface area contributed by atoms with Crippen LogP contribution in [0.4, 0.5) is 8.78 Å². The highest BCUT2D eigenvalue weighted by molar-refractivity contribution is 7.96. The van der Waals surface area contributed by atoms with E-state index < -0.39 is 69.0 Å². The second-order valence-electron chi connectivity index (χ2n) is 10.4. The molecule has 5 nitrogen and oxygen atoms in total. The van der Waals surface area contributed by atoms with Crippen molar-refractivity contribution in [1.82, 2.24) is 0 Å². The Morgan fingerprint density at radius 3 is 2.53 bits per heavy atom. The third-order valence-electron chi connectivity index (χ3n) is 9.05. The first kappa shape index (κ1) is 23.6. The fraction of sp³-hybridized carbons (Fsp3) is 0.708. The van der Waals surface area contributed by atoms with Crippen LogP contribution in [0.25, 0.3) is 0 Å². The minimum absolute atomic E-state index is 0.0476. The maximum Gasteiger partial charge on any atom is 0.306 e. The monoisotopic (exact) mass is 468 g/mol. The minimum Gasteiger partial charge on any atom is -0.449 e. The van der Waals surface area contributed by atoms with Crippen molar-refractivity contribution < 1.29 is 33.0 Å². The molecule has 4 aliphatic rings. The van der Waals surface area contributed by atoms with Crippen LogP contribution >= 0.6 is 12.6 Å². The first-order chi connectivity index (χ1) is 14.8. The second kappa shape index (κ2) is 7.23. The van der Waals surface area contributed by atoms with E-state index in [0.717, 1.165) is 6.08 Å². The normalized spacial score (nSPS) is 49.6. The van der Waals surface area contributed by atoms with Crippen LogP contribution in [-0.2, 0) is 19.1 Å². The summed E-state index contributed by atoms with van der Waals surface area (Å²) in [4.78, 5) is 37.2. The Balaban J connectivity index is 1.87. The van der Waals surface area contributed by atoms with Gasteiger partial charge in [0.05, 0.1) is 6.10 Å². The lowest BCUT2D eigenvalue weighted by molar-refractivity contribution is -0.228. The highest BCUT2D eigenvalue weighted by Crippen LogP contribution is 2.71. The summed E-state index contributed by atoms with van der Waals surface area (Å²) >= 11 is 4.09. The number of fused-ring (bicyclic) bond motifs is 5. The molecule has 0 amide bonds. The molecule has 8 heteroatoms. The smallest absolute Gasteiger partial charge is 0.306 e. The molecule has 0 aromatic rings. The average Bonchev–Trinajstić information content (AvgIpc) is 2.93. The van der Waals surface area contributed by atoms with Gasteiger partial charge in [-0.25, -0.2) is 8.78 Å². The fourth-order valence-corrected chi connectivity index (χ4v) is 8.01. The Hall–Kier alpha value is -1.54. The molecule has 4 aliphatic carbocycles. The number of thiol groups is 1. The van der Waals surface area contributed by atoms with Crippen LogP contribution in [0.3, 0.4) is 0 Å². The quantitative estimate of drug-likeness (QED) is 0.488. The summed E-state index contributed by atoms with van der Waals surface area (Å²) in [7, 11) is 0. The number of hydrogen-bond donors (Lipinski definition) is 2. The molecule has 0 saturated heterocycles. The number of carbonyl (C=O) groups excluding carboxylic acids is 3.